The van der Waals surface area contributed by atoms with Crippen LogP contribution < -0.4 is 16.2 Å². The number of benzene rings is 1. The van der Waals surface area contributed by atoms with Crippen LogP contribution in [0, 0.1) is 25.7 Å². The van der Waals surface area contributed by atoms with Gasteiger partial charge in [0.2, 0.25) is 5.95 Å². The molecule has 32 heavy (non-hydrogen) atoms. The SMILES string of the molecule is COc1c(C)cnc(Cn2cc(C#Cc3ccc(CN)cc3)c3c(Cl)nc(N)nc32)c1C. The summed E-state index contributed by atoms with van der Waals surface area (Å²) in [6.07, 6.45) is 3.70. The Bertz CT molecular complexity index is 1370. The molecule has 0 bridgehead atoms. The molecule has 3 aromatic heterocycles. The van der Waals surface area contributed by atoms with Gasteiger partial charge in [-0.1, -0.05) is 35.6 Å². The molecule has 0 saturated carbocycles. The van der Waals surface area contributed by atoms with Crippen molar-refractivity contribution in [1.82, 2.24) is 19.5 Å². The van der Waals surface area contributed by atoms with Gasteiger partial charge in [0.05, 0.1) is 30.3 Å². The lowest BCUT2D eigenvalue weighted by Gasteiger charge is -2.13. The quantitative estimate of drug-likeness (QED) is 0.366. The van der Waals surface area contributed by atoms with Crippen molar-refractivity contribution in [2.24, 2.45) is 5.73 Å². The number of aromatic nitrogens is 4. The fourth-order valence-corrected chi connectivity index (χ4v) is 3.90. The topological polar surface area (TPSA) is 105 Å². The van der Waals surface area contributed by atoms with Crippen molar-refractivity contribution in [3.8, 4) is 17.6 Å². The molecule has 1 aromatic carbocycles. The smallest absolute Gasteiger partial charge is 0.223 e. The predicted molar refractivity (Wildman–Crippen MR) is 127 cm³/mol. The summed E-state index contributed by atoms with van der Waals surface area (Å²) in [5.41, 5.74) is 17.6. The second kappa shape index (κ2) is 8.87. The third-order valence-corrected chi connectivity index (χ3v) is 5.56. The number of hydrogen-bond donors (Lipinski definition) is 2. The number of nitrogens with two attached hydrogens (primary N) is 2. The lowest BCUT2D eigenvalue weighted by Crippen LogP contribution is -2.07. The highest BCUT2D eigenvalue weighted by Crippen LogP contribution is 2.29. The van der Waals surface area contributed by atoms with Gasteiger partial charge in [-0.05, 0) is 31.5 Å². The van der Waals surface area contributed by atoms with Gasteiger partial charge < -0.3 is 20.8 Å². The van der Waals surface area contributed by atoms with Crippen LogP contribution in [-0.2, 0) is 13.1 Å². The van der Waals surface area contributed by atoms with Gasteiger partial charge in [-0.25, -0.2) is 4.98 Å². The molecule has 0 amide bonds. The van der Waals surface area contributed by atoms with E-state index in [4.69, 9.17) is 27.8 Å². The van der Waals surface area contributed by atoms with E-state index >= 15 is 0 Å². The molecule has 4 aromatic rings. The monoisotopic (exact) mass is 446 g/mol. The fraction of sp³-hybridized carbons (Fsp3) is 0.208. The first-order valence-electron chi connectivity index (χ1n) is 10.0. The Hall–Kier alpha value is -3.60. The zero-order valence-corrected chi connectivity index (χ0v) is 18.9. The van der Waals surface area contributed by atoms with Crippen molar-refractivity contribution in [1.29, 1.82) is 0 Å². The number of ether oxygens (including phenoxy) is 1. The average molecular weight is 447 g/mol. The Morgan fingerprint density at radius 2 is 1.88 bits per heavy atom. The van der Waals surface area contributed by atoms with E-state index in [9.17, 15) is 0 Å². The van der Waals surface area contributed by atoms with Crippen LogP contribution in [-0.4, -0.2) is 26.6 Å². The molecule has 4 rings (SSSR count). The summed E-state index contributed by atoms with van der Waals surface area (Å²) in [5.74, 6) is 7.30. The lowest BCUT2D eigenvalue weighted by molar-refractivity contribution is 0.406. The van der Waals surface area contributed by atoms with E-state index in [1.807, 2.05) is 48.9 Å². The third kappa shape index (κ3) is 4.11. The van der Waals surface area contributed by atoms with E-state index in [2.05, 4.69) is 26.8 Å². The second-order valence-corrected chi connectivity index (χ2v) is 7.80. The number of hydrogen-bond acceptors (Lipinski definition) is 6. The van der Waals surface area contributed by atoms with Crippen LogP contribution >= 0.6 is 11.6 Å². The van der Waals surface area contributed by atoms with E-state index in [1.54, 1.807) is 13.3 Å². The zero-order valence-electron chi connectivity index (χ0n) is 18.1. The highest BCUT2D eigenvalue weighted by Gasteiger charge is 2.17. The average Bonchev–Trinajstić information content (AvgIpc) is 3.12. The van der Waals surface area contributed by atoms with Crippen LogP contribution in [0.3, 0.4) is 0 Å². The van der Waals surface area contributed by atoms with Gasteiger partial charge in [0, 0.05) is 35.6 Å². The molecule has 0 unspecified atom stereocenters. The second-order valence-electron chi connectivity index (χ2n) is 7.44. The van der Waals surface area contributed by atoms with Crippen LogP contribution in [0.2, 0.25) is 5.15 Å². The molecule has 0 aliphatic carbocycles. The maximum absolute atomic E-state index is 6.44. The van der Waals surface area contributed by atoms with Crippen LogP contribution in [0.4, 0.5) is 5.95 Å². The van der Waals surface area contributed by atoms with Gasteiger partial charge >= 0.3 is 0 Å². The van der Waals surface area contributed by atoms with Crippen LogP contribution in [0.15, 0.2) is 36.7 Å². The summed E-state index contributed by atoms with van der Waals surface area (Å²) < 4.78 is 7.48. The van der Waals surface area contributed by atoms with Crippen molar-refractivity contribution in [3.05, 3.63) is 75.3 Å². The molecule has 0 aliphatic rings. The summed E-state index contributed by atoms with van der Waals surface area (Å²) >= 11 is 6.44. The van der Waals surface area contributed by atoms with E-state index in [1.165, 1.54) is 0 Å². The van der Waals surface area contributed by atoms with Crippen molar-refractivity contribution in [2.75, 3.05) is 12.8 Å². The number of rotatable bonds is 4. The maximum Gasteiger partial charge on any atom is 0.223 e. The molecule has 3 heterocycles. The Balaban J connectivity index is 1.81. The van der Waals surface area contributed by atoms with Crippen LogP contribution in [0.1, 0.15) is 33.5 Å². The normalized spacial score (nSPS) is 10.8. The largest absolute Gasteiger partial charge is 0.496 e. The maximum atomic E-state index is 6.44. The molecule has 162 valence electrons. The van der Waals surface area contributed by atoms with Crippen molar-refractivity contribution in [2.45, 2.75) is 26.9 Å². The van der Waals surface area contributed by atoms with Gasteiger partial charge in [0.15, 0.2) is 0 Å². The zero-order chi connectivity index (χ0) is 22.8. The number of anilines is 1. The molecule has 0 fully saturated rings. The number of fused-ring (bicyclic) bond motifs is 1. The minimum atomic E-state index is 0.102. The van der Waals surface area contributed by atoms with Gasteiger partial charge in [-0.15, -0.1) is 0 Å². The molecule has 0 saturated heterocycles. The Kier molecular flexibility index (Phi) is 5.99. The van der Waals surface area contributed by atoms with Crippen molar-refractivity contribution < 1.29 is 4.74 Å². The molecule has 8 heteroatoms. The Labute approximate surface area is 191 Å². The summed E-state index contributed by atoms with van der Waals surface area (Å²) in [5, 5.41) is 0.920. The van der Waals surface area contributed by atoms with E-state index in [0.29, 0.717) is 29.7 Å². The van der Waals surface area contributed by atoms with E-state index in [-0.39, 0.29) is 11.1 Å². The number of methoxy groups -OCH3 is 1. The number of nitrogen functional groups attached to an aromatic ring is 1. The molecular formula is C24H23ClN6O. The molecular weight excluding hydrogens is 424 g/mol. The van der Waals surface area contributed by atoms with E-state index in [0.717, 1.165) is 33.7 Å². The minimum absolute atomic E-state index is 0.102. The molecule has 7 nitrogen and oxygen atoms in total. The summed E-state index contributed by atoms with van der Waals surface area (Å²) in [6.45, 7) is 4.91. The number of halogens is 1. The van der Waals surface area contributed by atoms with E-state index < -0.39 is 0 Å². The van der Waals surface area contributed by atoms with Crippen LogP contribution in [0.5, 0.6) is 5.75 Å². The van der Waals surface area contributed by atoms with Crippen molar-refractivity contribution >= 4 is 28.6 Å². The summed E-state index contributed by atoms with van der Waals surface area (Å²) in [7, 11) is 1.66. The lowest BCUT2D eigenvalue weighted by atomic mass is 10.1. The van der Waals surface area contributed by atoms with Gasteiger partial charge in [0.1, 0.15) is 16.5 Å². The highest BCUT2D eigenvalue weighted by atomic mass is 35.5. The first-order valence-corrected chi connectivity index (χ1v) is 10.4. The first-order chi connectivity index (χ1) is 15.4. The molecule has 0 aliphatic heterocycles. The van der Waals surface area contributed by atoms with Gasteiger partial charge in [0.25, 0.3) is 0 Å². The summed E-state index contributed by atoms with van der Waals surface area (Å²) in [6, 6.07) is 7.80. The Morgan fingerprint density at radius 1 is 1.12 bits per heavy atom. The van der Waals surface area contributed by atoms with Gasteiger partial charge in [-0.3, -0.25) is 4.98 Å². The number of aryl methyl sites for hydroxylation is 1. The molecule has 0 radical (unpaired) electrons. The first kappa shape index (κ1) is 21.6. The predicted octanol–water partition coefficient (Wildman–Crippen LogP) is 3.59. The number of pyridine rings is 1. The summed E-state index contributed by atoms with van der Waals surface area (Å²) in [4.78, 5) is 13.1. The Morgan fingerprint density at radius 3 is 2.56 bits per heavy atom. The fourth-order valence-electron chi connectivity index (χ4n) is 3.63. The highest BCUT2D eigenvalue weighted by molar-refractivity contribution is 6.34. The number of nitrogens with zero attached hydrogens (tertiary/aromatic N) is 4. The molecule has 0 atom stereocenters. The van der Waals surface area contributed by atoms with Gasteiger partial charge in [-0.2, -0.15) is 4.98 Å². The molecule has 0 spiro atoms. The molecule has 4 N–H and O–H groups in total. The minimum Gasteiger partial charge on any atom is -0.496 e. The third-order valence-electron chi connectivity index (χ3n) is 5.29. The van der Waals surface area contributed by atoms with Crippen molar-refractivity contribution in [3.63, 3.8) is 0 Å². The van der Waals surface area contributed by atoms with Crippen LogP contribution in [0.25, 0.3) is 11.0 Å². The standard InChI is InChI=1S/C24H23ClN6O/c1-14-11-28-19(15(2)21(14)32-3)13-31-12-18(20-22(25)29-24(27)30-23(20)31)9-8-16-4-6-17(10-26)7-5-16/h4-7,11-12H,10,13,26H2,1-3H3,(H2,27,29,30).